The van der Waals surface area contributed by atoms with E-state index in [2.05, 4.69) is 5.10 Å². The number of halogens is 1. The van der Waals surface area contributed by atoms with Crippen molar-refractivity contribution in [2.45, 2.75) is 6.54 Å². The van der Waals surface area contributed by atoms with Gasteiger partial charge in [0.1, 0.15) is 6.54 Å². The Kier molecular flexibility index (Phi) is 1.27. The molecule has 0 atom stereocenters. The normalized spacial score (nSPS) is 15.3. The maximum atomic E-state index is 12.5. The lowest BCUT2D eigenvalue weighted by molar-refractivity contribution is -0.732. The molecule has 1 aliphatic heterocycles. The van der Waals surface area contributed by atoms with Gasteiger partial charge in [-0.25, -0.2) is 0 Å². The lowest BCUT2D eigenvalue weighted by atomic mass is 10.5. The molecule has 0 N–H and O–H groups in total. The van der Waals surface area contributed by atoms with Crippen molar-refractivity contribution in [2.75, 3.05) is 18.5 Å². The second-order valence-electron chi connectivity index (χ2n) is 2.66. The minimum Gasteiger partial charge on any atom is -0.259 e. The summed E-state index contributed by atoms with van der Waals surface area (Å²) in [6.45, 7) is 1.69. The summed E-state index contributed by atoms with van der Waals surface area (Å²) in [4.78, 5) is 2.05. The van der Waals surface area contributed by atoms with Crippen LogP contribution in [0.3, 0.4) is 0 Å². The van der Waals surface area contributed by atoms with Gasteiger partial charge in [-0.15, -0.1) is 4.68 Å². The fourth-order valence-corrected chi connectivity index (χ4v) is 1.28. The van der Waals surface area contributed by atoms with Crippen LogP contribution in [-0.2, 0) is 6.54 Å². The maximum absolute atomic E-state index is 12.5. The Morgan fingerprint density at radius 3 is 3.27 bits per heavy atom. The van der Waals surface area contributed by atoms with E-state index in [0.29, 0.717) is 0 Å². The lowest BCUT2D eigenvalue weighted by Gasteiger charge is -1.98. The molecular weight excluding hydrogens is 145 g/mol. The Hall–Kier alpha value is -1.19. The first-order valence-electron chi connectivity index (χ1n) is 3.55. The number of anilines is 1. The first kappa shape index (κ1) is 6.52. The largest absolute Gasteiger partial charge is 0.297 e. The van der Waals surface area contributed by atoms with Gasteiger partial charge in [0.15, 0.2) is 6.54 Å². The van der Waals surface area contributed by atoms with Crippen LogP contribution in [0, 0.1) is 5.95 Å². The Labute approximate surface area is 64.1 Å². The van der Waals surface area contributed by atoms with Gasteiger partial charge >= 0.3 is 0 Å². The summed E-state index contributed by atoms with van der Waals surface area (Å²) >= 11 is 0. The second-order valence-corrected chi connectivity index (χ2v) is 2.66. The number of fused-ring (bicyclic) bond motifs is 1. The van der Waals surface area contributed by atoms with Crippen molar-refractivity contribution in [1.29, 1.82) is 0 Å². The molecule has 1 aromatic heterocycles. The minimum atomic E-state index is -0.413. The molecule has 1 aromatic rings. The summed E-state index contributed by atoms with van der Waals surface area (Å²) in [6.07, 6.45) is 0. The molecule has 0 saturated heterocycles. The van der Waals surface area contributed by atoms with Gasteiger partial charge in [-0.3, -0.25) is 4.90 Å². The zero-order valence-electron chi connectivity index (χ0n) is 6.29. The van der Waals surface area contributed by atoms with Gasteiger partial charge in [0.05, 0.1) is 7.05 Å². The monoisotopic (exact) mass is 154 g/mol. The van der Waals surface area contributed by atoms with E-state index in [4.69, 9.17) is 0 Å². The predicted octanol–water partition coefficient (Wildman–Crippen LogP) is -0.0420. The van der Waals surface area contributed by atoms with Crippen LogP contribution in [0.4, 0.5) is 10.2 Å². The minimum absolute atomic E-state index is 0.413. The van der Waals surface area contributed by atoms with Crippen molar-refractivity contribution < 1.29 is 9.07 Å². The number of hydrogen-bond acceptors (Lipinski definition) is 2. The van der Waals surface area contributed by atoms with Crippen LogP contribution in [0.2, 0.25) is 0 Å². The van der Waals surface area contributed by atoms with Crippen LogP contribution in [0.1, 0.15) is 0 Å². The van der Waals surface area contributed by atoms with E-state index in [1.807, 2.05) is 11.9 Å². The zero-order chi connectivity index (χ0) is 7.84. The van der Waals surface area contributed by atoms with Crippen LogP contribution >= 0.6 is 0 Å². The highest BCUT2D eigenvalue weighted by Gasteiger charge is 2.24. The highest BCUT2D eigenvalue weighted by atomic mass is 19.1. The molecule has 0 radical (unpaired) electrons. The first-order valence-corrected chi connectivity index (χ1v) is 3.55. The van der Waals surface area contributed by atoms with Crippen LogP contribution in [-0.4, -0.2) is 18.7 Å². The van der Waals surface area contributed by atoms with Crippen LogP contribution in [0.15, 0.2) is 12.1 Å². The Bertz CT molecular complexity index is 287. The molecule has 3 nitrogen and oxygen atoms in total. The van der Waals surface area contributed by atoms with Crippen molar-refractivity contribution in [3.8, 4) is 0 Å². The summed E-state index contributed by atoms with van der Waals surface area (Å²) in [5.74, 6) is 0.565. The number of rotatable bonds is 0. The maximum Gasteiger partial charge on any atom is 0.297 e. The van der Waals surface area contributed by atoms with E-state index < -0.39 is 5.95 Å². The average molecular weight is 154 g/mol. The Morgan fingerprint density at radius 1 is 1.64 bits per heavy atom. The molecule has 0 spiro atoms. The topological polar surface area (TPSA) is 20.0 Å². The van der Waals surface area contributed by atoms with Gasteiger partial charge in [-0.05, 0) is 0 Å². The van der Waals surface area contributed by atoms with E-state index in [1.165, 1.54) is 6.07 Å². The molecule has 0 saturated carbocycles. The third kappa shape index (κ3) is 0.943. The molecular formula is C7H9FN3+. The van der Waals surface area contributed by atoms with Crippen LogP contribution < -0.4 is 9.58 Å². The molecule has 11 heavy (non-hydrogen) atoms. The van der Waals surface area contributed by atoms with E-state index >= 15 is 0 Å². The standard InChI is InChI=1S/C7H9FN3/c1-10-4-5-11-7(10)3-2-6(8)9-11/h2-3H,4-5H2,1H3/q+1. The van der Waals surface area contributed by atoms with Crippen molar-refractivity contribution in [3.63, 3.8) is 0 Å². The summed E-state index contributed by atoms with van der Waals surface area (Å²) < 4.78 is 14.2. The SMILES string of the molecule is CN1CC[n+]2nc(F)ccc21. The van der Waals surface area contributed by atoms with Crippen molar-refractivity contribution >= 4 is 5.82 Å². The number of aromatic nitrogens is 2. The van der Waals surface area contributed by atoms with Gasteiger partial charge < -0.3 is 0 Å². The van der Waals surface area contributed by atoms with Crippen molar-refractivity contribution in [3.05, 3.63) is 18.1 Å². The molecule has 0 bridgehead atoms. The van der Waals surface area contributed by atoms with E-state index in [9.17, 15) is 4.39 Å². The van der Waals surface area contributed by atoms with Gasteiger partial charge in [-0.2, -0.15) is 4.39 Å². The zero-order valence-corrected chi connectivity index (χ0v) is 6.29. The lowest BCUT2D eigenvalue weighted by Crippen LogP contribution is -2.36. The number of hydrogen-bond donors (Lipinski definition) is 0. The van der Waals surface area contributed by atoms with Gasteiger partial charge in [0.2, 0.25) is 0 Å². The smallest absolute Gasteiger partial charge is 0.259 e. The third-order valence-electron chi connectivity index (χ3n) is 1.89. The van der Waals surface area contributed by atoms with Gasteiger partial charge in [-0.1, -0.05) is 5.10 Å². The molecule has 0 amide bonds. The first-order chi connectivity index (χ1) is 5.27. The summed E-state index contributed by atoms with van der Waals surface area (Å²) in [7, 11) is 1.97. The third-order valence-corrected chi connectivity index (χ3v) is 1.89. The number of likely N-dealkylation sites (N-methyl/N-ethyl adjacent to an activating group) is 1. The van der Waals surface area contributed by atoms with Crippen LogP contribution in [0.25, 0.3) is 0 Å². The fourth-order valence-electron chi connectivity index (χ4n) is 1.28. The predicted molar refractivity (Wildman–Crippen MR) is 37.7 cm³/mol. The molecule has 2 rings (SSSR count). The average Bonchev–Trinajstić information content (AvgIpc) is 2.32. The van der Waals surface area contributed by atoms with Gasteiger partial charge in [0, 0.05) is 12.1 Å². The highest BCUT2D eigenvalue weighted by Crippen LogP contribution is 2.09. The molecule has 2 heterocycles. The van der Waals surface area contributed by atoms with Crippen LogP contribution in [0.5, 0.6) is 0 Å². The molecule has 0 aromatic carbocycles. The van der Waals surface area contributed by atoms with E-state index in [-0.39, 0.29) is 0 Å². The number of nitrogens with zero attached hydrogens (tertiary/aromatic N) is 3. The molecule has 58 valence electrons. The second kappa shape index (κ2) is 2.15. The molecule has 0 fully saturated rings. The Balaban J connectivity index is 2.50. The quantitative estimate of drug-likeness (QED) is 0.488. The van der Waals surface area contributed by atoms with Gasteiger partial charge in [0.25, 0.3) is 11.8 Å². The van der Waals surface area contributed by atoms with E-state index in [0.717, 1.165) is 18.9 Å². The van der Waals surface area contributed by atoms with Crippen molar-refractivity contribution in [1.82, 2.24) is 5.10 Å². The fraction of sp³-hybridized carbons (Fsp3) is 0.429. The highest BCUT2D eigenvalue weighted by molar-refractivity contribution is 5.31. The summed E-state index contributed by atoms with van der Waals surface area (Å²) in [6, 6.07) is 3.13. The summed E-state index contributed by atoms with van der Waals surface area (Å²) in [5, 5.41) is 3.71. The Morgan fingerprint density at radius 2 is 2.45 bits per heavy atom. The molecule has 0 unspecified atom stereocenters. The molecule has 4 heteroatoms. The van der Waals surface area contributed by atoms with Crippen molar-refractivity contribution in [2.24, 2.45) is 0 Å². The molecule has 0 aliphatic carbocycles. The molecule has 1 aliphatic rings. The van der Waals surface area contributed by atoms with E-state index in [1.54, 1.807) is 10.7 Å². The summed E-state index contributed by atoms with van der Waals surface area (Å²) in [5.41, 5.74) is 0.